The highest BCUT2D eigenvalue weighted by Crippen LogP contribution is 2.20. The molecule has 0 saturated heterocycles. The minimum absolute atomic E-state index is 0.821. The van der Waals surface area contributed by atoms with E-state index in [1.807, 2.05) is 36.4 Å². The molecule has 0 aliphatic rings. The summed E-state index contributed by atoms with van der Waals surface area (Å²) in [5.74, 6) is 0.994. The number of aryl methyl sites for hydroxylation is 2. The summed E-state index contributed by atoms with van der Waals surface area (Å²) in [6, 6.07) is 14.0. The van der Waals surface area contributed by atoms with Gasteiger partial charge in [0.05, 0.1) is 11.0 Å². The number of fused-ring (bicyclic) bond motifs is 1. The zero-order valence-electron chi connectivity index (χ0n) is 10.2. The Bertz CT molecular complexity index is 721. The predicted molar refractivity (Wildman–Crippen MR) is 82.7 cm³/mol. The van der Waals surface area contributed by atoms with E-state index in [0.29, 0.717) is 0 Å². The SMILES string of the molecule is Clc1ccccc1CCc1nc2ccc(Br)cc2[nH]1. The van der Waals surface area contributed by atoms with Crippen LogP contribution in [-0.4, -0.2) is 9.97 Å². The van der Waals surface area contributed by atoms with Crippen molar-refractivity contribution in [2.45, 2.75) is 12.8 Å². The van der Waals surface area contributed by atoms with Gasteiger partial charge in [-0.3, -0.25) is 0 Å². The Labute approximate surface area is 124 Å². The van der Waals surface area contributed by atoms with Gasteiger partial charge in [-0.25, -0.2) is 4.98 Å². The quantitative estimate of drug-likeness (QED) is 0.734. The molecule has 0 unspecified atom stereocenters. The summed E-state index contributed by atoms with van der Waals surface area (Å²) < 4.78 is 1.06. The third-order valence-corrected chi connectivity index (χ3v) is 3.94. The molecule has 0 atom stereocenters. The van der Waals surface area contributed by atoms with Crippen molar-refractivity contribution in [3.8, 4) is 0 Å². The van der Waals surface area contributed by atoms with Gasteiger partial charge < -0.3 is 4.98 Å². The van der Waals surface area contributed by atoms with E-state index >= 15 is 0 Å². The molecular formula is C15H12BrClN2. The van der Waals surface area contributed by atoms with Crippen LogP contribution in [0.2, 0.25) is 5.02 Å². The van der Waals surface area contributed by atoms with Crippen molar-refractivity contribution in [3.63, 3.8) is 0 Å². The second-order valence-corrected chi connectivity index (χ2v) is 5.76. The molecule has 0 aliphatic heterocycles. The Morgan fingerprint density at radius 2 is 1.95 bits per heavy atom. The smallest absolute Gasteiger partial charge is 0.107 e. The Hall–Kier alpha value is -1.32. The number of hydrogen-bond acceptors (Lipinski definition) is 1. The van der Waals surface area contributed by atoms with Gasteiger partial charge in [0.2, 0.25) is 0 Å². The Morgan fingerprint density at radius 3 is 2.79 bits per heavy atom. The van der Waals surface area contributed by atoms with Crippen molar-refractivity contribution in [2.24, 2.45) is 0 Å². The van der Waals surface area contributed by atoms with Crippen LogP contribution in [0.3, 0.4) is 0 Å². The first-order chi connectivity index (χ1) is 9.22. The highest BCUT2D eigenvalue weighted by atomic mass is 79.9. The molecule has 2 nitrogen and oxygen atoms in total. The number of nitrogens with zero attached hydrogens (tertiary/aromatic N) is 1. The van der Waals surface area contributed by atoms with Crippen molar-refractivity contribution in [3.05, 3.63) is 63.3 Å². The number of imidazole rings is 1. The van der Waals surface area contributed by atoms with Crippen LogP contribution in [0.15, 0.2) is 46.9 Å². The molecule has 0 fully saturated rings. The molecule has 19 heavy (non-hydrogen) atoms. The average Bonchev–Trinajstić information content (AvgIpc) is 2.79. The van der Waals surface area contributed by atoms with Gasteiger partial charge in [-0.2, -0.15) is 0 Å². The minimum atomic E-state index is 0.821. The van der Waals surface area contributed by atoms with Gasteiger partial charge in [-0.15, -0.1) is 0 Å². The van der Waals surface area contributed by atoms with E-state index in [-0.39, 0.29) is 0 Å². The van der Waals surface area contributed by atoms with E-state index in [4.69, 9.17) is 11.6 Å². The maximum Gasteiger partial charge on any atom is 0.107 e. The molecule has 0 spiro atoms. The molecule has 1 heterocycles. The molecule has 0 aliphatic carbocycles. The van der Waals surface area contributed by atoms with E-state index in [1.165, 1.54) is 0 Å². The second-order valence-electron chi connectivity index (χ2n) is 4.44. The lowest BCUT2D eigenvalue weighted by atomic mass is 10.1. The molecule has 4 heteroatoms. The standard InChI is InChI=1S/C15H12BrClN2/c16-11-6-7-13-14(9-11)19-15(18-13)8-5-10-3-1-2-4-12(10)17/h1-4,6-7,9H,5,8H2,(H,18,19). The Kier molecular flexibility index (Phi) is 3.58. The van der Waals surface area contributed by atoms with Gasteiger partial charge in [0.15, 0.2) is 0 Å². The molecule has 0 radical (unpaired) electrons. The van der Waals surface area contributed by atoms with Crippen LogP contribution in [0.25, 0.3) is 11.0 Å². The second kappa shape index (κ2) is 5.35. The maximum absolute atomic E-state index is 6.15. The van der Waals surface area contributed by atoms with E-state index in [0.717, 1.165) is 44.8 Å². The molecule has 96 valence electrons. The van der Waals surface area contributed by atoms with Gasteiger partial charge in [0.25, 0.3) is 0 Å². The molecule has 0 saturated carbocycles. The van der Waals surface area contributed by atoms with Crippen LogP contribution < -0.4 is 0 Å². The first-order valence-corrected chi connectivity index (χ1v) is 7.27. The number of aromatic nitrogens is 2. The van der Waals surface area contributed by atoms with Crippen LogP contribution in [-0.2, 0) is 12.8 Å². The van der Waals surface area contributed by atoms with Gasteiger partial charge >= 0.3 is 0 Å². The number of benzene rings is 2. The number of halogens is 2. The van der Waals surface area contributed by atoms with E-state index < -0.39 is 0 Å². The molecule has 0 bridgehead atoms. The number of aromatic amines is 1. The largest absolute Gasteiger partial charge is 0.342 e. The number of nitrogens with one attached hydrogen (secondary N) is 1. The van der Waals surface area contributed by atoms with Gasteiger partial charge in [-0.1, -0.05) is 45.7 Å². The van der Waals surface area contributed by atoms with Gasteiger partial charge in [0.1, 0.15) is 5.82 Å². The van der Waals surface area contributed by atoms with E-state index in [1.54, 1.807) is 0 Å². The molecule has 0 amide bonds. The van der Waals surface area contributed by atoms with Crippen LogP contribution in [0.4, 0.5) is 0 Å². The number of rotatable bonds is 3. The maximum atomic E-state index is 6.15. The summed E-state index contributed by atoms with van der Waals surface area (Å²) in [4.78, 5) is 7.92. The highest BCUT2D eigenvalue weighted by Gasteiger charge is 2.05. The summed E-state index contributed by atoms with van der Waals surface area (Å²) in [5, 5.41) is 0.821. The molecule has 1 aromatic heterocycles. The zero-order valence-corrected chi connectivity index (χ0v) is 12.5. The summed E-state index contributed by atoms with van der Waals surface area (Å²) in [6.07, 6.45) is 1.75. The fourth-order valence-electron chi connectivity index (χ4n) is 2.11. The van der Waals surface area contributed by atoms with E-state index in [2.05, 4.69) is 32.0 Å². The predicted octanol–water partition coefficient (Wildman–Crippen LogP) is 4.76. The summed E-state index contributed by atoms with van der Waals surface area (Å²) in [7, 11) is 0. The fraction of sp³-hybridized carbons (Fsp3) is 0.133. The van der Waals surface area contributed by atoms with Crippen molar-refractivity contribution in [2.75, 3.05) is 0 Å². The normalized spacial score (nSPS) is 11.1. The fourth-order valence-corrected chi connectivity index (χ4v) is 2.70. The third-order valence-electron chi connectivity index (χ3n) is 3.08. The van der Waals surface area contributed by atoms with Crippen LogP contribution in [0, 0.1) is 0 Å². The summed E-state index contributed by atoms with van der Waals surface area (Å²) in [6.45, 7) is 0. The molecule has 2 aromatic carbocycles. The minimum Gasteiger partial charge on any atom is -0.342 e. The topological polar surface area (TPSA) is 28.7 Å². The van der Waals surface area contributed by atoms with Gasteiger partial charge in [0, 0.05) is 15.9 Å². The first kappa shape index (κ1) is 12.7. The summed E-state index contributed by atoms with van der Waals surface area (Å²) in [5.41, 5.74) is 3.21. The molecule has 3 aromatic rings. The van der Waals surface area contributed by atoms with Crippen molar-refractivity contribution >= 4 is 38.6 Å². The average molecular weight is 336 g/mol. The molecule has 3 rings (SSSR count). The van der Waals surface area contributed by atoms with Gasteiger partial charge in [-0.05, 0) is 36.2 Å². The first-order valence-electron chi connectivity index (χ1n) is 6.10. The molecular weight excluding hydrogens is 324 g/mol. The highest BCUT2D eigenvalue weighted by molar-refractivity contribution is 9.10. The van der Waals surface area contributed by atoms with Crippen LogP contribution >= 0.6 is 27.5 Å². The van der Waals surface area contributed by atoms with Crippen LogP contribution in [0.5, 0.6) is 0 Å². The van der Waals surface area contributed by atoms with E-state index in [9.17, 15) is 0 Å². The monoisotopic (exact) mass is 334 g/mol. The molecule has 1 N–H and O–H groups in total. The summed E-state index contributed by atoms with van der Waals surface area (Å²) >= 11 is 9.61. The lowest BCUT2D eigenvalue weighted by Gasteiger charge is -2.01. The van der Waals surface area contributed by atoms with Crippen molar-refractivity contribution in [1.82, 2.24) is 9.97 Å². The number of hydrogen-bond donors (Lipinski definition) is 1. The van der Waals surface area contributed by atoms with Crippen molar-refractivity contribution < 1.29 is 0 Å². The van der Waals surface area contributed by atoms with Crippen LogP contribution in [0.1, 0.15) is 11.4 Å². The number of H-pyrrole nitrogens is 1. The Balaban J connectivity index is 1.80. The lowest BCUT2D eigenvalue weighted by molar-refractivity contribution is 0.890. The third kappa shape index (κ3) is 2.82. The van der Waals surface area contributed by atoms with Crippen molar-refractivity contribution in [1.29, 1.82) is 0 Å². The lowest BCUT2D eigenvalue weighted by Crippen LogP contribution is -1.94. The zero-order chi connectivity index (χ0) is 13.2. The Morgan fingerprint density at radius 1 is 1.11 bits per heavy atom.